The smallest absolute Gasteiger partial charge is 0.208 e. The Kier molecular flexibility index (Phi) is 3.43. The summed E-state index contributed by atoms with van der Waals surface area (Å²) in [5.74, 6) is 4.79. The van der Waals surface area contributed by atoms with Gasteiger partial charge in [-0.3, -0.25) is 5.43 Å². The number of guanidine groups is 1. The molecule has 0 heterocycles. The molecule has 6 heteroatoms. The third kappa shape index (κ3) is 2.43. The maximum Gasteiger partial charge on any atom is 0.208 e. The highest BCUT2D eigenvalue weighted by atomic mass is 79.9. The van der Waals surface area contributed by atoms with Crippen LogP contribution >= 0.6 is 15.9 Å². The molecule has 0 fully saturated rings. The number of halogens is 2. The van der Waals surface area contributed by atoms with Crippen molar-refractivity contribution in [1.82, 2.24) is 5.43 Å². The number of aryl methyl sites for hydroxylation is 1. The van der Waals surface area contributed by atoms with Gasteiger partial charge in [0.2, 0.25) is 5.96 Å². The lowest BCUT2D eigenvalue weighted by atomic mass is 10.2. The number of hydrazine groups is 1. The molecule has 1 aromatic rings. The first-order chi connectivity index (χ1) is 6.54. The average molecular weight is 261 g/mol. The summed E-state index contributed by atoms with van der Waals surface area (Å²) in [7, 11) is 0. The predicted molar refractivity (Wildman–Crippen MR) is 57.4 cm³/mol. The monoisotopic (exact) mass is 260 g/mol. The number of benzene rings is 1. The summed E-state index contributed by atoms with van der Waals surface area (Å²) in [6.07, 6.45) is 0. The first-order valence-corrected chi connectivity index (χ1v) is 4.60. The molecule has 76 valence electrons. The third-order valence-electron chi connectivity index (χ3n) is 1.63. The molecule has 0 spiro atoms. The fraction of sp³-hybridized carbons (Fsp3) is 0.125. The molecule has 0 saturated heterocycles. The zero-order valence-corrected chi connectivity index (χ0v) is 9.10. The molecule has 0 aliphatic carbocycles. The van der Waals surface area contributed by atoms with Gasteiger partial charge in [0, 0.05) is 0 Å². The summed E-state index contributed by atoms with van der Waals surface area (Å²) in [5.41, 5.74) is 8.81. The first kappa shape index (κ1) is 10.9. The van der Waals surface area contributed by atoms with E-state index in [-0.39, 0.29) is 11.8 Å². The third-order valence-corrected chi connectivity index (χ3v) is 2.24. The van der Waals surface area contributed by atoms with Crippen molar-refractivity contribution in [3.63, 3.8) is 0 Å². The van der Waals surface area contributed by atoms with Gasteiger partial charge in [0.25, 0.3) is 0 Å². The van der Waals surface area contributed by atoms with Crippen LogP contribution in [0.1, 0.15) is 5.56 Å². The molecule has 5 N–H and O–H groups in total. The van der Waals surface area contributed by atoms with Gasteiger partial charge in [-0.15, -0.1) is 0 Å². The minimum Gasteiger partial charge on any atom is -0.369 e. The van der Waals surface area contributed by atoms with Gasteiger partial charge in [0.1, 0.15) is 5.82 Å². The Morgan fingerprint density at radius 1 is 1.57 bits per heavy atom. The Bertz CT molecular complexity index is 378. The lowest BCUT2D eigenvalue weighted by Crippen LogP contribution is -2.36. The summed E-state index contributed by atoms with van der Waals surface area (Å²) in [6, 6.07) is 2.90. The molecule has 14 heavy (non-hydrogen) atoms. The molecule has 0 bridgehead atoms. The van der Waals surface area contributed by atoms with Crippen LogP contribution in [-0.2, 0) is 0 Å². The van der Waals surface area contributed by atoms with Gasteiger partial charge in [-0.2, -0.15) is 0 Å². The second kappa shape index (κ2) is 4.39. The maximum absolute atomic E-state index is 13.0. The Balaban J connectivity index is 3.16. The van der Waals surface area contributed by atoms with Crippen LogP contribution in [0.3, 0.4) is 0 Å². The van der Waals surface area contributed by atoms with E-state index >= 15 is 0 Å². The quantitative estimate of drug-likeness (QED) is 0.309. The minimum atomic E-state index is -0.333. The van der Waals surface area contributed by atoms with Gasteiger partial charge in [0.05, 0.1) is 10.2 Å². The number of hydrogen-bond acceptors (Lipinski definition) is 2. The highest BCUT2D eigenvalue weighted by molar-refractivity contribution is 9.10. The van der Waals surface area contributed by atoms with Crippen LogP contribution in [0.5, 0.6) is 0 Å². The van der Waals surface area contributed by atoms with Crippen LogP contribution in [0.4, 0.5) is 10.1 Å². The van der Waals surface area contributed by atoms with Crippen LogP contribution in [-0.4, -0.2) is 5.96 Å². The standard InChI is InChI=1S/C8H10BrFN4/c1-4-2-6(10)5(9)3-7(4)13-8(11)14-12/h2-3H,12H2,1H3,(H3,11,13,14). The van der Waals surface area contributed by atoms with E-state index < -0.39 is 0 Å². The van der Waals surface area contributed by atoms with Gasteiger partial charge in [-0.05, 0) is 40.5 Å². The largest absolute Gasteiger partial charge is 0.369 e. The molecule has 0 aliphatic rings. The molecule has 0 radical (unpaired) electrons. The number of nitrogens with two attached hydrogens (primary N) is 2. The summed E-state index contributed by atoms with van der Waals surface area (Å²) in [5, 5.41) is 0. The molecule has 0 atom stereocenters. The van der Waals surface area contributed by atoms with Gasteiger partial charge in [-0.25, -0.2) is 15.2 Å². The van der Waals surface area contributed by atoms with E-state index in [1.54, 1.807) is 6.92 Å². The molecule has 4 nitrogen and oxygen atoms in total. The highest BCUT2D eigenvalue weighted by Gasteiger charge is 2.04. The van der Waals surface area contributed by atoms with Crippen molar-refractivity contribution >= 4 is 27.6 Å². The van der Waals surface area contributed by atoms with E-state index in [0.29, 0.717) is 15.7 Å². The predicted octanol–water partition coefficient (Wildman–Crippen LogP) is 1.31. The summed E-state index contributed by atoms with van der Waals surface area (Å²) >= 11 is 3.06. The van der Waals surface area contributed by atoms with Crippen molar-refractivity contribution in [3.8, 4) is 0 Å². The molecule has 1 aromatic carbocycles. The normalized spacial score (nSPS) is 11.6. The zero-order chi connectivity index (χ0) is 10.7. The topological polar surface area (TPSA) is 76.4 Å². The lowest BCUT2D eigenvalue weighted by molar-refractivity contribution is 0.620. The Hall–Kier alpha value is -1.14. The summed E-state index contributed by atoms with van der Waals surface area (Å²) in [6.45, 7) is 1.73. The Morgan fingerprint density at radius 3 is 2.79 bits per heavy atom. The first-order valence-electron chi connectivity index (χ1n) is 3.81. The minimum absolute atomic E-state index is 0.0756. The van der Waals surface area contributed by atoms with Crippen molar-refractivity contribution in [1.29, 1.82) is 0 Å². The molecule has 0 aliphatic heterocycles. The van der Waals surface area contributed by atoms with Gasteiger partial charge >= 0.3 is 0 Å². The van der Waals surface area contributed by atoms with E-state index in [0.717, 1.165) is 0 Å². The van der Waals surface area contributed by atoms with E-state index in [1.807, 2.05) is 0 Å². The van der Waals surface area contributed by atoms with Crippen LogP contribution in [0.15, 0.2) is 21.6 Å². The van der Waals surface area contributed by atoms with Crippen molar-refractivity contribution in [3.05, 3.63) is 28.0 Å². The van der Waals surface area contributed by atoms with Crippen LogP contribution < -0.4 is 17.0 Å². The fourth-order valence-corrected chi connectivity index (χ4v) is 1.25. The van der Waals surface area contributed by atoms with Crippen molar-refractivity contribution in [2.24, 2.45) is 16.6 Å². The fourth-order valence-electron chi connectivity index (χ4n) is 0.918. The SMILES string of the molecule is Cc1cc(F)c(Br)cc1N=C(N)NN. The van der Waals surface area contributed by atoms with Crippen molar-refractivity contribution in [2.45, 2.75) is 6.92 Å². The summed E-state index contributed by atoms with van der Waals surface area (Å²) < 4.78 is 13.4. The average Bonchev–Trinajstić information content (AvgIpc) is 2.14. The Labute approximate surface area is 89.3 Å². The lowest BCUT2D eigenvalue weighted by Gasteiger charge is -2.03. The maximum atomic E-state index is 13.0. The van der Waals surface area contributed by atoms with Gasteiger partial charge < -0.3 is 5.73 Å². The zero-order valence-electron chi connectivity index (χ0n) is 7.51. The Morgan fingerprint density at radius 2 is 2.21 bits per heavy atom. The molecular weight excluding hydrogens is 251 g/mol. The molecular formula is C8H10BrFN4. The molecule has 0 aromatic heterocycles. The van der Waals surface area contributed by atoms with Crippen molar-refractivity contribution < 1.29 is 4.39 Å². The molecule has 0 amide bonds. The van der Waals surface area contributed by atoms with E-state index in [1.165, 1.54) is 12.1 Å². The summed E-state index contributed by atoms with van der Waals surface area (Å²) in [4.78, 5) is 3.94. The molecule has 0 unspecified atom stereocenters. The van der Waals surface area contributed by atoms with Gasteiger partial charge in [-0.1, -0.05) is 0 Å². The van der Waals surface area contributed by atoms with E-state index in [4.69, 9.17) is 11.6 Å². The van der Waals surface area contributed by atoms with E-state index in [9.17, 15) is 4.39 Å². The highest BCUT2D eigenvalue weighted by Crippen LogP contribution is 2.26. The van der Waals surface area contributed by atoms with Crippen LogP contribution in [0.25, 0.3) is 0 Å². The number of rotatable bonds is 1. The number of aliphatic imine (C=N–C) groups is 1. The molecule has 1 rings (SSSR count). The second-order valence-corrected chi connectivity index (χ2v) is 3.55. The number of hydrogen-bond donors (Lipinski definition) is 3. The molecule has 0 saturated carbocycles. The number of nitrogens with zero attached hydrogens (tertiary/aromatic N) is 1. The van der Waals surface area contributed by atoms with Crippen LogP contribution in [0, 0.1) is 12.7 Å². The second-order valence-electron chi connectivity index (χ2n) is 2.69. The number of nitrogens with one attached hydrogen (secondary N) is 1. The van der Waals surface area contributed by atoms with Gasteiger partial charge in [0.15, 0.2) is 0 Å². The van der Waals surface area contributed by atoms with Crippen LogP contribution in [0.2, 0.25) is 0 Å². The van der Waals surface area contributed by atoms with E-state index in [2.05, 4.69) is 26.3 Å². The van der Waals surface area contributed by atoms with Crippen molar-refractivity contribution in [2.75, 3.05) is 0 Å².